The zero-order chi connectivity index (χ0) is 9.31. The molecule has 2 rings (SSSR count). The maximum atomic E-state index is 9.24. The molecule has 2 saturated heterocycles. The first-order valence-electron chi connectivity index (χ1n) is 5.37. The third-order valence-corrected chi connectivity index (χ3v) is 3.51. The summed E-state index contributed by atoms with van der Waals surface area (Å²) in [4.78, 5) is 0. The van der Waals surface area contributed by atoms with Gasteiger partial charge in [0.2, 0.25) is 0 Å². The van der Waals surface area contributed by atoms with E-state index in [1.54, 1.807) is 0 Å². The highest BCUT2D eigenvalue weighted by atomic mass is 16.5. The number of hydrogen-bond donors (Lipinski definition) is 0. The molecule has 72 valence electrons. The van der Waals surface area contributed by atoms with E-state index < -0.39 is 0 Å². The third-order valence-electron chi connectivity index (χ3n) is 3.51. The lowest BCUT2D eigenvalue weighted by Crippen LogP contribution is -2.30. The molecule has 2 heterocycles. The maximum absolute atomic E-state index is 9.24. The average Bonchev–Trinajstić information content (AvgIpc) is 2.74. The fourth-order valence-electron chi connectivity index (χ4n) is 2.73. The number of fused-ring (bicyclic) bond motifs is 2. The molecule has 2 heteroatoms. The highest BCUT2D eigenvalue weighted by molar-refractivity contribution is 5.11. The Balaban J connectivity index is 2.05. The van der Waals surface area contributed by atoms with Gasteiger partial charge in [0.25, 0.3) is 0 Å². The predicted molar refractivity (Wildman–Crippen MR) is 50.1 cm³/mol. The summed E-state index contributed by atoms with van der Waals surface area (Å²) in [6.07, 6.45) is 7.34. The lowest BCUT2D eigenvalue weighted by atomic mass is 9.72. The summed E-state index contributed by atoms with van der Waals surface area (Å²) in [5.74, 6) is 0. The van der Waals surface area contributed by atoms with Crippen LogP contribution in [0.25, 0.3) is 0 Å². The lowest BCUT2D eigenvalue weighted by Gasteiger charge is -2.27. The van der Waals surface area contributed by atoms with Crippen molar-refractivity contribution in [2.75, 3.05) is 0 Å². The predicted octanol–water partition coefficient (Wildman–Crippen LogP) is 2.64. The van der Waals surface area contributed by atoms with Crippen molar-refractivity contribution < 1.29 is 4.74 Å². The standard InChI is InChI=1S/C11H17NO/c1-2-3-6-11(8-12)7-9-4-5-10(11)13-9/h9-10H,2-7H2,1H3. The van der Waals surface area contributed by atoms with Gasteiger partial charge in [0.05, 0.1) is 23.7 Å². The van der Waals surface area contributed by atoms with E-state index in [9.17, 15) is 5.26 Å². The van der Waals surface area contributed by atoms with Crippen molar-refractivity contribution in [3.8, 4) is 6.07 Å². The highest BCUT2D eigenvalue weighted by Crippen LogP contribution is 2.50. The lowest BCUT2D eigenvalue weighted by molar-refractivity contribution is 0.0757. The molecule has 2 bridgehead atoms. The zero-order valence-corrected chi connectivity index (χ0v) is 8.25. The van der Waals surface area contributed by atoms with E-state index in [2.05, 4.69) is 13.0 Å². The number of rotatable bonds is 3. The SMILES string of the molecule is CCCCC1(C#N)CC2CCC1O2. The van der Waals surface area contributed by atoms with Crippen LogP contribution in [0.4, 0.5) is 0 Å². The number of nitriles is 1. The Hall–Kier alpha value is -0.550. The van der Waals surface area contributed by atoms with Crippen LogP contribution >= 0.6 is 0 Å². The van der Waals surface area contributed by atoms with Gasteiger partial charge in [-0.15, -0.1) is 0 Å². The first kappa shape index (κ1) is 9.02. The third kappa shape index (κ3) is 1.36. The second-order valence-corrected chi connectivity index (χ2v) is 4.40. The minimum atomic E-state index is -0.112. The summed E-state index contributed by atoms with van der Waals surface area (Å²) in [5, 5.41) is 9.24. The molecule has 0 amide bonds. The normalized spacial score (nSPS) is 42.2. The van der Waals surface area contributed by atoms with Gasteiger partial charge in [-0.1, -0.05) is 19.8 Å². The summed E-state index contributed by atoms with van der Waals surface area (Å²) in [6, 6.07) is 2.52. The molecule has 0 aromatic carbocycles. The molecule has 0 aromatic rings. The Labute approximate surface area is 79.9 Å². The van der Waals surface area contributed by atoms with E-state index in [0.29, 0.717) is 6.10 Å². The zero-order valence-electron chi connectivity index (χ0n) is 8.25. The Morgan fingerprint density at radius 1 is 1.54 bits per heavy atom. The van der Waals surface area contributed by atoms with Gasteiger partial charge in [-0.2, -0.15) is 5.26 Å². The first-order valence-corrected chi connectivity index (χ1v) is 5.37. The van der Waals surface area contributed by atoms with Crippen molar-refractivity contribution in [3.63, 3.8) is 0 Å². The molecule has 0 radical (unpaired) electrons. The van der Waals surface area contributed by atoms with E-state index in [0.717, 1.165) is 19.3 Å². The molecule has 2 fully saturated rings. The van der Waals surface area contributed by atoms with Gasteiger partial charge < -0.3 is 4.74 Å². The fourth-order valence-corrected chi connectivity index (χ4v) is 2.73. The van der Waals surface area contributed by atoms with Crippen LogP contribution in [0.1, 0.15) is 45.4 Å². The average molecular weight is 179 g/mol. The number of hydrogen-bond acceptors (Lipinski definition) is 2. The summed E-state index contributed by atoms with van der Waals surface area (Å²) < 4.78 is 5.75. The number of unbranched alkanes of at least 4 members (excludes halogenated alkanes) is 1. The Kier molecular flexibility index (Phi) is 2.29. The van der Waals surface area contributed by atoms with Gasteiger partial charge >= 0.3 is 0 Å². The first-order chi connectivity index (χ1) is 6.30. The van der Waals surface area contributed by atoms with Crippen LogP contribution in [-0.2, 0) is 4.74 Å². The number of nitrogens with zero attached hydrogens (tertiary/aromatic N) is 1. The van der Waals surface area contributed by atoms with E-state index in [1.165, 1.54) is 19.3 Å². The molecule has 0 aliphatic carbocycles. The topological polar surface area (TPSA) is 33.0 Å². The van der Waals surface area contributed by atoms with E-state index in [4.69, 9.17) is 4.74 Å². The van der Waals surface area contributed by atoms with Crippen molar-refractivity contribution in [3.05, 3.63) is 0 Å². The van der Waals surface area contributed by atoms with Gasteiger partial charge in [0.15, 0.2) is 0 Å². The second kappa shape index (κ2) is 3.31. The minimum Gasteiger partial charge on any atom is -0.373 e. The Morgan fingerprint density at radius 2 is 2.38 bits per heavy atom. The van der Waals surface area contributed by atoms with Crippen LogP contribution in [-0.4, -0.2) is 12.2 Å². The van der Waals surface area contributed by atoms with Crippen molar-refractivity contribution in [2.24, 2.45) is 5.41 Å². The van der Waals surface area contributed by atoms with Crippen molar-refractivity contribution in [1.82, 2.24) is 0 Å². The smallest absolute Gasteiger partial charge is 0.0859 e. The molecular weight excluding hydrogens is 162 g/mol. The van der Waals surface area contributed by atoms with E-state index >= 15 is 0 Å². The van der Waals surface area contributed by atoms with Gasteiger partial charge in [-0.3, -0.25) is 0 Å². The molecule has 0 aromatic heterocycles. The molecule has 13 heavy (non-hydrogen) atoms. The van der Waals surface area contributed by atoms with E-state index in [1.807, 2.05) is 0 Å². The molecule has 3 unspecified atom stereocenters. The van der Waals surface area contributed by atoms with Crippen LogP contribution in [0.15, 0.2) is 0 Å². The van der Waals surface area contributed by atoms with Gasteiger partial charge in [-0.05, 0) is 25.7 Å². The molecule has 2 nitrogen and oxygen atoms in total. The fraction of sp³-hybridized carbons (Fsp3) is 0.909. The van der Waals surface area contributed by atoms with Crippen molar-refractivity contribution in [2.45, 2.75) is 57.7 Å². The monoisotopic (exact) mass is 179 g/mol. The van der Waals surface area contributed by atoms with Crippen molar-refractivity contribution in [1.29, 1.82) is 5.26 Å². The second-order valence-electron chi connectivity index (χ2n) is 4.40. The molecule has 0 N–H and O–H groups in total. The summed E-state index contributed by atoms with van der Waals surface area (Å²) in [6.45, 7) is 2.18. The van der Waals surface area contributed by atoms with Crippen molar-refractivity contribution >= 4 is 0 Å². The molecule has 2 aliphatic heterocycles. The van der Waals surface area contributed by atoms with Gasteiger partial charge in [0.1, 0.15) is 0 Å². The summed E-state index contributed by atoms with van der Waals surface area (Å²) in [5.41, 5.74) is -0.112. The number of ether oxygens (including phenoxy) is 1. The van der Waals surface area contributed by atoms with Crippen LogP contribution in [0.5, 0.6) is 0 Å². The minimum absolute atomic E-state index is 0.112. The van der Waals surface area contributed by atoms with Crippen LogP contribution in [0, 0.1) is 16.7 Å². The Morgan fingerprint density at radius 3 is 2.85 bits per heavy atom. The van der Waals surface area contributed by atoms with Gasteiger partial charge in [0, 0.05) is 0 Å². The largest absolute Gasteiger partial charge is 0.373 e. The highest BCUT2D eigenvalue weighted by Gasteiger charge is 2.52. The molecular formula is C11H17NO. The summed E-state index contributed by atoms with van der Waals surface area (Å²) in [7, 11) is 0. The van der Waals surface area contributed by atoms with Gasteiger partial charge in [-0.25, -0.2) is 0 Å². The van der Waals surface area contributed by atoms with Crippen LogP contribution in [0.2, 0.25) is 0 Å². The molecule has 3 atom stereocenters. The van der Waals surface area contributed by atoms with E-state index in [-0.39, 0.29) is 11.5 Å². The Bertz CT molecular complexity index is 233. The molecule has 0 saturated carbocycles. The molecule has 2 aliphatic rings. The van der Waals surface area contributed by atoms with Crippen LogP contribution in [0.3, 0.4) is 0 Å². The van der Waals surface area contributed by atoms with Crippen LogP contribution < -0.4 is 0 Å². The maximum Gasteiger partial charge on any atom is 0.0859 e. The quantitative estimate of drug-likeness (QED) is 0.667. The molecule has 0 spiro atoms. The summed E-state index contributed by atoms with van der Waals surface area (Å²) >= 11 is 0.